The summed E-state index contributed by atoms with van der Waals surface area (Å²) in [5.74, 6) is 0.778. The standard InChI is InChI=1S/C15H30N2O3S/c1-12(2)9-13(10-14(18)19)11-17-15(20)16-7-5-4-6-8-21-3/h12-13H,4-11H2,1-3H3,(H,18,19)(H2,16,17,20)/t13-/m0/s1. The van der Waals surface area contributed by atoms with Crippen LogP contribution in [-0.4, -0.2) is 42.2 Å². The molecule has 0 rings (SSSR count). The van der Waals surface area contributed by atoms with Crippen molar-refractivity contribution in [3.63, 3.8) is 0 Å². The summed E-state index contributed by atoms with van der Waals surface area (Å²) in [6, 6.07) is -0.195. The smallest absolute Gasteiger partial charge is 0.314 e. The Kier molecular flexibility index (Phi) is 12.2. The molecule has 0 fully saturated rings. The van der Waals surface area contributed by atoms with Gasteiger partial charge in [0.25, 0.3) is 0 Å². The van der Waals surface area contributed by atoms with Gasteiger partial charge in [0, 0.05) is 19.5 Å². The predicted octanol–water partition coefficient (Wildman–Crippen LogP) is 2.96. The Bertz CT molecular complexity index is 299. The number of carbonyl (C=O) groups excluding carboxylic acids is 1. The average molecular weight is 318 g/mol. The van der Waals surface area contributed by atoms with Crippen molar-refractivity contribution < 1.29 is 14.7 Å². The van der Waals surface area contributed by atoms with Gasteiger partial charge in [-0.3, -0.25) is 4.79 Å². The Labute approximate surface area is 132 Å². The number of urea groups is 1. The first kappa shape index (κ1) is 20.1. The summed E-state index contributed by atoms with van der Waals surface area (Å²) in [6.45, 7) is 5.21. The highest BCUT2D eigenvalue weighted by molar-refractivity contribution is 7.98. The summed E-state index contributed by atoms with van der Waals surface area (Å²) in [5.41, 5.74) is 0. The molecule has 124 valence electrons. The maximum Gasteiger partial charge on any atom is 0.314 e. The number of thioether (sulfide) groups is 1. The molecule has 0 unspecified atom stereocenters. The minimum atomic E-state index is -0.809. The van der Waals surface area contributed by atoms with Crippen LogP contribution in [0.15, 0.2) is 0 Å². The summed E-state index contributed by atoms with van der Waals surface area (Å²) in [6.07, 6.45) is 6.29. The van der Waals surface area contributed by atoms with E-state index >= 15 is 0 Å². The molecular formula is C15H30N2O3S. The number of hydrogen-bond donors (Lipinski definition) is 3. The molecular weight excluding hydrogens is 288 g/mol. The summed E-state index contributed by atoms with van der Waals surface area (Å²) in [4.78, 5) is 22.4. The molecule has 1 atom stereocenters. The number of carbonyl (C=O) groups is 2. The van der Waals surface area contributed by atoms with Crippen molar-refractivity contribution in [3.8, 4) is 0 Å². The van der Waals surface area contributed by atoms with E-state index in [0.717, 1.165) is 25.0 Å². The molecule has 0 bridgehead atoms. The minimum Gasteiger partial charge on any atom is -0.481 e. The Balaban J connectivity index is 3.78. The van der Waals surface area contributed by atoms with Crippen LogP contribution in [0, 0.1) is 11.8 Å². The molecule has 0 aliphatic carbocycles. The van der Waals surface area contributed by atoms with E-state index in [1.165, 1.54) is 6.42 Å². The van der Waals surface area contributed by atoms with E-state index in [1.54, 1.807) is 0 Å². The fraction of sp³-hybridized carbons (Fsp3) is 0.867. The fourth-order valence-corrected chi connectivity index (χ4v) is 2.69. The molecule has 0 aliphatic heterocycles. The van der Waals surface area contributed by atoms with Crippen molar-refractivity contribution >= 4 is 23.8 Å². The van der Waals surface area contributed by atoms with E-state index in [1.807, 2.05) is 11.8 Å². The van der Waals surface area contributed by atoms with Crippen molar-refractivity contribution in [2.75, 3.05) is 25.1 Å². The number of aliphatic carboxylic acids is 1. The van der Waals surface area contributed by atoms with E-state index in [-0.39, 0.29) is 18.4 Å². The van der Waals surface area contributed by atoms with Crippen molar-refractivity contribution in [1.82, 2.24) is 10.6 Å². The number of hydrogen-bond acceptors (Lipinski definition) is 3. The van der Waals surface area contributed by atoms with Crippen molar-refractivity contribution in [2.45, 2.75) is 46.0 Å². The zero-order chi connectivity index (χ0) is 16.1. The monoisotopic (exact) mass is 318 g/mol. The maximum absolute atomic E-state index is 11.6. The lowest BCUT2D eigenvalue weighted by molar-refractivity contribution is -0.138. The van der Waals surface area contributed by atoms with Gasteiger partial charge in [-0.05, 0) is 43.1 Å². The molecule has 21 heavy (non-hydrogen) atoms. The Morgan fingerprint density at radius 1 is 1.14 bits per heavy atom. The quantitative estimate of drug-likeness (QED) is 0.483. The number of amides is 2. The van der Waals surface area contributed by atoms with Crippen LogP contribution in [0.5, 0.6) is 0 Å². The molecule has 0 radical (unpaired) electrons. The van der Waals surface area contributed by atoms with Crippen molar-refractivity contribution in [2.24, 2.45) is 11.8 Å². The van der Waals surface area contributed by atoms with Crippen molar-refractivity contribution in [3.05, 3.63) is 0 Å². The normalized spacial score (nSPS) is 12.2. The predicted molar refractivity (Wildman–Crippen MR) is 88.8 cm³/mol. The van der Waals surface area contributed by atoms with E-state index in [0.29, 0.717) is 19.0 Å². The number of nitrogens with one attached hydrogen (secondary N) is 2. The first-order valence-electron chi connectivity index (χ1n) is 7.68. The number of unbranched alkanes of at least 4 members (excludes halogenated alkanes) is 2. The van der Waals surface area contributed by atoms with E-state index in [4.69, 9.17) is 5.11 Å². The highest BCUT2D eigenvalue weighted by atomic mass is 32.2. The molecule has 5 nitrogen and oxygen atoms in total. The van der Waals surface area contributed by atoms with Gasteiger partial charge in [-0.15, -0.1) is 0 Å². The van der Waals surface area contributed by atoms with Gasteiger partial charge >= 0.3 is 12.0 Å². The highest BCUT2D eigenvalue weighted by Gasteiger charge is 2.15. The molecule has 0 heterocycles. The lowest BCUT2D eigenvalue weighted by atomic mass is 9.94. The topological polar surface area (TPSA) is 78.4 Å². The summed E-state index contributed by atoms with van der Waals surface area (Å²) >= 11 is 1.84. The molecule has 0 saturated carbocycles. The Hall–Kier alpha value is -0.910. The largest absolute Gasteiger partial charge is 0.481 e. The molecule has 3 N–H and O–H groups in total. The van der Waals surface area contributed by atoms with Crippen LogP contribution >= 0.6 is 11.8 Å². The number of carboxylic acids is 1. The van der Waals surface area contributed by atoms with Crippen LogP contribution < -0.4 is 10.6 Å². The van der Waals surface area contributed by atoms with Gasteiger partial charge in [-0.2, -0.15) is 11.8 Å². The fourth-order valence-electron chi connectivity index (χ4n) is 2.20. The second-order valence-corrected chi connectivity index (χ2v) is 6.77. The zero-order valence-electron chi connectivity index (χ0n) is 13.5. The second kappa shape index (κ2) is 12.8. The van der Waals surface area contributed by atoms with E-state index < -0.39 is 5.97 Å². The molecule has 0 aliphatic rings. The summed E-state index contributed by atoms with van der Waals surface area (Å²) < 4.78 is 0. The third-order valence-corrected chi connectivity index (χ3v) is 3.83. The van der Waals surface area contributed by atoms with Gasteiger partial charge in [0.05, 0.1) is 0 Å². The molecule has 0 aromatic heterocycles. The van der Waals surface area contributed by atoms with E-state index in [9.17, 15) is 9.59 Å². The first-order valence-corrected chi connectivity index (χ1v) is 9.07. The lowest BCUT2D eigenvalue weighted by Gasteiger charge is -2.18. The first-order chi connectivity index (χ1) is 9.95. The molecule has 6 heteroatoms. The maximum atomic E-state index is 11.6. The second-order valence-electron chi connectivity index (χ2n) is 5.78. The molecule has 0 saturated heterocycles. The minimum absolute atomic E-state index is 0.00479. The van der Waals surface area contributed by atoms with Crippen LogP contribution in [0.25, 0.3) is 0 Å². The van der Waals surface area contributed by atoms with Crippen LogP contribution in [0.1, 0.15) is 46.0 Å². The van der Waals surface area contributed by atoms with E-state index in [2.05, 4.69) is 30.7 Å². The van der Waals surface area contributed by atoms with Crippen molar-refractivity contribution in [1.29, 1.82) is 0 Å². The number of carboxylic acid groups (broad SMARTS) is 1. The third kappa shape index (κ3) is 13.8. The molecule has 0 aromatic rings. The Morgan fingerprint density at radius 3 is 2.43 bits per heavy atom. The zero-order valence-corrected chi connectivity index (χ0v) is 14.3. The van der Waals surface area contributed by atoms with Crippen LogP contribution in [-0.2, 0) is 4.79 Å². The van der Waals surface area contributed by atoms with Gasteiger partial charge < -0.3 is 15.7 Å². The number of rotatable bonds is 12. The SMILES string of the molecule is CSCCCCCNC(=O)NC[C@H](CC(=O)O)CC(C)C. The van der Waals surface area contributed by atoms with Gasteiger partial charge in [0.15, 0.2) is 0 Å². The molecule has 2 amide bonds. The van der Waals surface area contributed by atoms with Gasteiger partial charge in [-0.25, -0.2) is 4.79 Å². The average Bonchev–Trinajstić information content (AvgIpc) is 2.38. The highest BCUT2D eigenvalue weighted by Crippen LogP contribution is 2.14. The summed E-state index contributed by atoms with van der Waals surface area (Å²) in [5, 5.41) is 14.5. The lowest BCUT2D eigenvalue weighted by Crippen LogP contribution is -2.39. The van der Waals surface area contributed by atoms with Gasteiger partial charge in [0.2, 0.25) is 0 Å². The molecule has 0 aromatic carbocycles. The van der Waals surface area contributed by atoms with Gasteiger partial charge in [-0.1, -0.05) is 20.3 Å². The van der Waals surface area contributed by atoms with Crippen LogP contribution in [0.2, 0.25) is 0 Å². The van der Waals surface area contributed by atoms with Crippen LogP contribution in [0.4, 0.5) is 4.79 Å². The summed E-state index contributed by atoms with van der Waals surface area (Å²) in [7, 11) is 0. The van der Waals surface area contributed by atoms with Crippen LogP contribution in [0.3, 0.4) is 0 Å². The Morgan fingerprint density at radius 2 is 1.86 bits per heavy atom. The van der Waals surface area contributed by atoms with Gasteiger partial charge in [0.1, 0.15) is 0 Å². The molecule has 0 spiro atoms. The third-order valence-electron chi connectivity index (χ3n) is 3.13.